The Morgan fingerprint density at radius 1 is 0.800 bits per heavy atom. The van der Waals surface area contributed by atoms with Crippen molar-refractivity contribution >= 4 is 0 Å². The zero-order valence-corrected chi connectivity index (χ0v) is 17.4. The summed E-state index contributed by atoms with van der Waals surface area (Å²) < 4.78 is 17.2. The third-order valence-corrected chi connectivity index (χ3v) is 5.21. The topological polar surface area (TPSA) is 27.7 Å². The van der Waals surface area contributed by atoms with E-state index in [9.17, 15) is 0 Å². The third-order valence-electron chi connectivity index (χ3n) is 5.21. The third kappa shape index (κ3) is 5.80. The van der Waals surface area contributed by atoms with Crippen molar-refractivity contribution in [2.75, 3.05) is 21.3 Å². The molecule has 0 N–H and O–H groups in total. The second-order valence-electron chi connectivity index (χ2n) is 7.14. The molecule has 1 rings (SSSR count). The molecule has 0 aliphatic heterocycles. The SMILES string of the molecule is CCCCCCCCC(c1c(C)cc(C)cc1C)C(OC)(OC)OC. The summed E-state index contributed by atoms with van der Waals surface area (Å²) in [6.45, 7) is 8.75. The molecule has 1 aromatic rings. The Morgan fingerprint density at radius 3 is 1.76 bits per heavy atom. The molecule has 0 fully saturated rings. The summed E-state index contributed by atoms with van der Waals surface area (Å²) in [5.41, 5.74) is 5.15. The Balaban J connectivity index is 3.04. The Kier molecular flexibility index (Phi) is 9.70. The van der Waals surface area contributed by atoms with E-state index in [0.717, 1.165) is 12.8 Å². The molecule has 0 radical (unpaired) electrons. The molecule has 0 aromatic heterocycles. The van der Waals surface area contributed by atoms with Crippen LogP contribution in [0.15, 0.2) is 12.1 Å². The quantitative estimate of drug-likeness (QED) is 0.340. The molecule has 1 aromatic carbocycles. The normalized spacial score (nSPS) is 13.2. The molecule has 0 bridgehead atoms. The molecule has 144 valence electrons. The molecule has 0 spiro atoms. The first-order valence-corrected chi connectivity index (χ1v) is 9.68. The summed E-state index contributed by atoms with van der Waals surface area (Å²) in [4.78, 5) is 0. The van der Waals surface area contributed by atoms with E-state index in [1.807, 2.05) is 0 Å². The highest BCUT2D eigenvalue weighted by Crippen LogP contribution is 2.40. The van der Waals surface area contributed by atoms with E-state index in [1.54, 1.807) is 21.3 Å². The van der Waals surface area contributed by atoms with Crippen LogP contribution in [-0.2, 0) is 14.2 Å². The molecule has 0 saturated heterocycles. The van der Waals surface area contributed by atoms with Crippen molar-refractivity contribution in [1.29, 1.82) is 0 Å². The van der Waals surface area contributed by atoms with Crippen molar-refractivity contribution in [3.8, 4) is 0 Å². The zero-order valence-electron chi connectivity index (χ0n) is 17.4. The fraction of sp³-hybridized carbons (Fsp3) is 0.727. The number of hydrogen-bond donors (Lipinski definition) is 0. The summed E-state index contributed by atoms with van der Waals surface area (Å²) in [7, 11) is 5.00. The molecule has 3 nitrogen and oxygen atoms in total. The van der Waals surface area contributed by atoms with E-state index in [2.05, 4.69) is 39.8 Å². The molecule has 1 unspecified atom stereocenters. The molecule has 0 heterocycles. The Labute approximate surface area is 155 Å². The predicted octanol–water partition coefficient (Wildman–Crippen LogP) is 6.04. The second-order valence-corrected chi connectivity index (χ2v) is 7.14. The summed E-state index contributed by atoms with van der Waals surface area (Å²) in [5, 5.41) is 0. The average Bonchev–Trinajstić information content (AvgIpc) is 2.58. The van der Waals surface area contributed by atoms with E-state index in [4.69, 9.17) is 14.2 Å². The van der Waals surface area contributed by atoms with Gasteiger partial charge in [0.15, 0.2) is 0 Å². The van der Waals surface area contributed by atoms with E-state index >= 15 is 0 Å². The molecule has 0 saturated carbocycles. The van der Waals surface area contributed by atoms with Crippen LogP contribution in [0, 0.1) is 20.8 Å². The van der Waals surface area contributed by atoms with Crippen LogP contribution >= 0.6 is 0 Å². The van der Waals surface area contributed by atoms with Gasteiger partial charge in [-0.15, -0.1) is 0 Å². The minimum atomic E-state index is -1.03. The number of rotatable bonds is 12. The fourth-order valence-corrected chi connectivity index (χ4v) is 4.04. The van der Waals surface area contributed by atoms with Gasteiger partial charge in [-0.2, -0.15) is 0 Å². The first kappa shape index (κ1) is 22.1. The largest absolute Gasteiger partial charge is 0.330 e. The van der Waals surface area contributed by atoms with Crippen LogP contribution in [0.4, 0.5) is 0 Å². The molecule has 0 aliphatic carbocycles. The van der Waals surface area contributed by atoms with Crippen LogP contribution in [0.1, 0.15) is 80.0 Å². The molecular weight excluding hydrogens is 312 g/mol. The van der Waals surface area contributed by atoms with Gasteiger partial charge in [0.05, 0.1) is 5.92 Å². The number of aryl methyl sites for hydroxylation is 3. The molecule has 25 heavy (non-hydrogen) atoms. The standard InChI is InChI=1S/C22H38O3/c1-8-9-10-11-12-13-14-20(22(23-5,24-6)25-7)21-18(3)15-17(2)16-19(21)4/h15-16,20H,8-14H2,1-7H3. The van der Waals surface area contributed by atoms with Crippen molar-refractivity contribution in [2.45, 2.75) is 84.5 Å². The molecule has 0 aliphatic rings. The van der Waals surface area contributed by atoms with Crippen LogP contribution in [0.25, 0.3) is 0 Å². The van der Waals surface area contributed by atoms with Gasteiger partial charge < -0.3 is 14.2 Å². The monoisotopic (exact) mass is 350 g/mol. The fourth-order valence-electron chi connectivity index (χ4n) is 4.04. The first-order valence-electron chi connectivity index (χ1n) is 9.68. The maximum Gasteiger partial charge on any atom is 0.289 e. The maximum atomic E-state index is 5.74. The van der Waals surface area contributed by atoms with Crippen molar-refractivity contribution in [1.82, 2.24) is 0 Å². The van der Waals surface area contributed by atoms with E-state index in [0.29, 0.717) is 0 Å². The van der Waals surface area contributed by atoms with Gasteiger partial charge in [-0.3, -0.25) is 0 Å². The second kappa shape index (κ2) is 10.9. The Morgan fingerprint density at radius 2 is 1.28 bits per heavy atom. The lowest BCUT2D eigenvalue weighted by Gasteiger charge is -2.38. The number of hydrogen-bond acceptors (Lipinski definition) is 3. The van der Waals surface area contributed by atoms with Crippen molar-refractivity contribution < 1.29 is 14.2 Å². The summed E-state index contributed by atoms with van der Waals surface area (Å²) in [6.07, 6.45) is 8.63. The maximum absolute atomic E-state index is 5.74. The highest BCUT2D eigenvalue weighted by Gasteiger charge is 2.42. The lowest BCUT2D eigenvalue weighted by molar-refractivity contribution is -0.365. The summed E-state index contributed by atoms with van der Waals surface area (Å²) >= 11 is 0. The molecule has 3 heteroatoms. The minimum absolute atomic E-state index is 0.0549. The minimum Gasteiger partial charge on any atom is -0.330 e. The Hall–Kier alpha value is -0.900. The highest BCUT2D eigenvalue weighted by atomic mass is 16.9. The summed E-state index contributed by atoms with van der Waals surface area (Å²) in [6, 6.07) is 4.48. The Bertz CT molecular complexity index is 475. The van der Waals surface area contributed by atoms with Gasteiger partial charge in [0.25, 0.3) is 5.97 Å². The molecular formula is C22H38O3. The number of methoxy groups -OCH3 is 3. The van der Waals surface area contributed by atoms with Gasteiger partial charge in [-0.05, 0) is 43.9 Å². The van der Waals surface area contributed by atoms with Crippen molar-refractivity contribution in [3.63, 3.8) is 0 Å². The summed E-state index contributed by atoms with van der Waals surface area (Å²) in [5.74, 6) is -0.979. The van der Waals surface area contributed by atoms with E-state index in [-0.39, 0.29) is 5.92 Å². The number of unbranched alkanes of at least 4 members (excludes halogenated alkanes) is 5. The number of ether oxygens (including phenoxy) is 3. The van der Waals surface area contributed by atoms with Gasteiger partial charge in [0, 0.05) is 21.3 Å². The van der Waals surface area contributed by atoms with E-state index < -0.39 is 5.97 Å². The average molecular weight is 351 g/mol. The van der Waals surface area contributed by atoms with Crippen LogP contribution in [0.5, 0.6) is 0 Å². The van der Waals surface area contributed by atoms with E-state index in [1.165, 1.54) is 54.4 Å². The number of benzene rings is 1. The van der Waals surface area contributed by atoms with Crippen LogP contribution in [0.3, 0.4) is 0 Å². The zero-order chi connectivity index (χ0) is 18.9. The van der Waals surface area contributed by atoms with Gasteiger partial charge in [-0.1, -0.05) is 63.1 Å². The van der Waals surface area contributed by atoms with Crippen LogP contribution in [0.2, 0.25) is 0 Å². The van der Waals surface area contributed by atoms with Crippen molar-refractivity contribution in [3.05, 3.63) is 34.4 Å². The molecule has 1 atom stereocenters. The first-order chi connectivity index (χ1) is 12.0. The van der Waals surface area contributed by atoms with Gasteiger partial charge >= 0.3 is 0 Å². The van der Waals surface area contributed by atoms with Gasteiger partial charge in [0.1, 0.15) is 0 Å². The lowest BCUT2D eigenvalue weighted by Crippen LogP contribution is -2.43. The van der Waals surface area contributed by atoms with Crippen LogP contribution < -0.4 is 0 Å². The van der Waals surface area contributed by atoms with Crippen LogP contribution in [-0.4, -0.2) is 27.3 Å². The van der Waals surface area contributed by atoms with Crippen molar-refractivity contribution in [2.24, 2.45) is 0 Å². The van der Waals surface area contributed by atoms with Gasteiger partial charge in [0.2, 0.25) is 0 Å². The predicted molar refractivity (Wildman–Crippen MR) is 105 cm³/mol. The highest BCUT2D eigenvalue weighted by molar-refractivity contribution is 5.40. The lowest BCUT2D eigenvalue weighted by atomic mass is 9.84. The smallest absolute Gasteiger partial charge is 0.289 e. The molecule has 0 amide bonds. The van der Waals surface area contributed by atoms with Gasteiger partial charge in [-0.25, -0.2) is 0 Å².